The molecule has 0 aliphatic heterocycles. The lowest BCUT2D eigenvalue weighted by Gasteiger charge is -2.06. The lowest BCUT2D eigenvalue weighted by atomic mass is 10.1. The van der Waals surface area contributed by atoms with Crippen molar-refractivity contribution in [3.05, 3.63) is 41.6 Å². The van der Waals surface area contributed by atoms with Gasteiger partial charge in [0.15, 0.2) is 0 Å². The topological polar surface area (TPSA) is 66.4 Å². The summed E-state index contributed by atoms with van der Waals surface area (Å²) < 4.78 is 0. The molecule has 0 spiro atoms. The van der Waals surface area contributed by atoms with Crippen LogP contribution in [0.4, 0.5) is 0 Å². The number of benzene rings is 1. The summed E-state index contributed by atoms with van der Waals surface area (Å²) in [7, 11) is 0. The molecule has 2 N–H and O–H groups in total. The fraction of sp³-hybridized carbons (Fsp3) is 0.0909. The Bertz CT molecular complexity index is 396. The summed E-state index contributed by atoms with van der Waals surface area (Å²) in [4.78, 5) is 21.1. The second-order valence-electron chi connectivity index (χ2n) is 2.93. The number of carbonyl (C=O) groups is 2. The van der Waals surface area contributed by atoms with Crippen LogP contribution in [0.25, 0.3) is 5.57 Å². The van der Waals surface area contributed by atoms with Gasteiger partial charge in [-0.2, -0.15) is 0 Å². The quantitative estimate of drug-likeness (QED) is 0.574. The average Bonchev–Trinajstić information content (AvgIpc) is 2.26. The molecule has 0 saturated carbocycles. The molecule has 0 unspecified atom stereocenters. The first-order chi connectivity index (χ1) is 7.16. The van der Waals surface area contributed by atoms with Crippen LogP contribution < -0.4 is 5.32 Å². The summed E-state index contributed by atoms with van der Waals surface area (Å²) in [5.74, 6) is -1.15. The highest BCUT2D eigenvalue weighted by Crippen LogP contribution is 2.16. The Balaban J connectivity index is 3.16. The Morgan fingerprint density at radius 3 is 2.40 bits per heavy atom. The number of hydrogen-bond acceptors (Lipinski definition) is 2. The van der Waals surface area contributed by atoms with Crippen molar-refractivity contribution >= 4 is 18.0 Å². The molecule has 4 nitrogen and oxygen atoms in total. The van der Waals surface area contributed by atoms with Crippen molar-refractivity contribution in [2.45, 2.75) is 6.92 Å². The minimum atomic E-state index is -1.15. The van der Waals surface area contributed by atoms with Gasteiger partial charge in [-0.3, -0.25) is 4.79 Å². The zero-order valence-corrected chi connectivity index (χ0v) is 8.23. The second kappa shape index (κ2) is 4.95. The summed E-state index contributed by atoms with van der Waals surface area (Å²) in [6, 6.07) is 9.01. The van der Waals surface area contributed by atoms with Gasteiger partial charge in [-0.05, 0) is 18.1 Å². The van der Waals surface area contributed by atoms with Crippen LogP contribution in [0.2, 0.25) is 0 Å². The summed E-state index contributed by atoms with van der Waals surface area (Å²) in [5.41, 5.74) is 1.19. The predicted octanol–water partition coefficient (Wildman–Crippen LogP) is 1.25. The standard InChI is InChI=1S/C11H11NO3/c1-8(9-5-3-2-4-6-9)10(11(14)15)12-7-13/h2-7H,1H3,(H,12,13)(H,14,15). The van der Waals surface area contributed by atoms with Gasteiger partial charge >= 0.3 is 5.97 Å². The normalized spacial score (nSPS) is 11.5. The molecular weight excluding hydrogens is 194 g/mol. The van der Waals surface area contributed by atoms with E-state index >= 15 is 0 Å². The van der Waals surface area contributed by atoms with E-state index in [-0.39, 0.29) is 5.70 Å². The van der Waals surface area contributed by atoms with Crippen LogP contribution in [0.1, 0.15) is 12.5 Å². The molecule has 0 bridgehead atoms. The maximum atomic E-state index is 10.8. The minimum absolute atomic E-state index is 0.101. The average molecular weight is 205 g/mol. The number of hydrogen-bond donors (Lipinski definition) is 2. The summed E-state index contributed by atoms with van der Waals surface area (Å²) in [5, 5.41) is 11.0. The highest BCUT2D eigenvalue weighted by Gasteiger charge is 2.11. The van der Waals surface area contributed by atoms with Crippen LogP contribution in [-0.2, 0) is 9.59 Å². The van der Waals surface area contributed by atoms with Crippen LogP contribution in [-0.4, -0.2) is 17.5 Å². The fourth-order valence-electron chi connectivity index (χ4n) is 1.22. The molecule has 0 saturated heterocycles. The van der Waals surface area contributed by atoms with Crippen LogP contribution in [0.3, 0.4) is 0 Å². The fourth-order valence-corrected chi connectivity index (χ4v) is 1.22. The van der Waals surface area contributed by atoms with Crippen molar-refractivity contribution in [2.75, 3.05) is 0 Å². The van der Waals surface area contributed by atoms with Gasteiger partial charge in [0.05, 0.1) is 0 Å². The largest absolute Gasteiger partial charge is 0.477 e. The molecule has 1 aromatic rings. The van der Waals surface area contributed by atoms with E-state index in [0.29, 0.717) is 12.0 Å². The van der Waals surface area contributed by atoms with Crippen molar-refractivity contribution in [3.63, 3.8) is 0 Å². The number of nitrogens with one attached hydrogen (secondary N) is 1. The first-order valence-corrected chi connectivity index (χ1v) is 4.36. The smallest absolute Gasteiger partial charge is 0.352 e. The Morgan fingerprint density at radius 1 is 1.33 bits per heavy atom. The molecule has 1 rings (SSSR count). The number of allylic oxidation sites excluding steroid dienone is 1. The number of carboxylic acid groups (broad SMARTS) is 1. The summed E-state index contributed by atoms with van der Waals surface area (Å²) in [6.07, 6.45) is 0.357. The monoisotopic (exact) mass is 205 g/mol. The van der Waals surface area contributed by atoms with Crippen molar-refractivity contribution in [1.82, 2.24) is 5.32 Å². The highest BCUT2D eigenvalue weighted by molar-refractivity contribution is 5.97. The van der Waals surface area contributed by atoms with Crippen molar-refractivity contribution in [2.24, 2.45) is 0 Å². The Morgan fingerprint density at radius 2 is 1.93 bits per heavy atom. The molecule has 1 amide bonds. The molecule has 0 atom stereocenters. The van der Waals surface area contributed by atoms with Crippen LogP contribution in [0.15, 0.2) is 36.0 Å². The number of amides is 1. The second-order valence-corrected chi connectivity index (χ2v) is 2.93. The molecule has 0 fully saturated rings. The molecule has 0 radical (unpaired) electrons. The predicted molar refractivity (Wildman–Crippen MR) is 55.9 cm³/mol. The van der Waals surface area contributed by atoms with E-state index in [4.69, 9.17) is 5.11 Å². The lowest BCUT2D eigenvalue weighted by molar-refractivity contribution is -0.133. The Hall–Kier alpha value is -2.10. The van der Waals surface area contributed by atoms with Gasteiger partial charge in [0.25, 0.3) is 0 Å². The third kappa shape index (κ3) is 2.67. The van der Waals surface area contributed by atoms with Gasteiger partial charge in [0.1, 0.15) is 5.70 Å². The molecule has 15 heavy (non-hydrogen) atoms. The molecule has 0 aliphatic rings. The third-order valence-corrected chi connectivity index (χ3v) is 2.00. The van der Waals surface area contributed by atoms with Crippen molar-refractivity contribution in [1.29, 1.82) is 0 Å². The van der Waals surface area contributed by atoms with Gasteiger partial charge in [-0.25, -0.2) is 4.79 Å². The van der Waals surface area contributed by atoms with Gasteiger partial charge in [0.2, 0.25) is 6.41 Å². The van der Waals surface area contributed by atoms with Gasteiger partial charge in [-0.15, -0.1) is 0 Å². The molecule has 78 valence electrons. The van der Waals surface area contributed by atoms with Crippen molar-refractivity contribution < 1.29 is 14.7 Å². The molecular formula is C11H11NO3. The summed E-state index contributed by atoms with van der Waals surface area (Å²) in [6.45, 7) is 1.65. The van der Waals surface area contributed by atoms with Crippen molar-refractivity contribution in [3.8, 4) is 0 Å². The third-order valence-electron chi connectivity index (χ3n) is 2.00. The van der Waals surface area contributed by atoms with E-state index in [2.05, 4.69) is 5.32 Å². The van der Waals surface area contributed by atoms with E-state index in [1.807, 2.05) is 6.07 Å². The van der Waals surface area contributed by atoms with Crippen LogP contribution >= 0.6 is 0 Å². The molecule has 0 aromatic heterocycles. The zero-order valence-electron chi connectivity index (χ0n) is 8.23. The van der Waals surface area contributed by atoms with Gasteiger partial charge < -0.3 is 10.4 Å². The maximum Gasteiger partial charge on any atom is 0.352 e. The van der Waals surface area contributed by atoms with Gasteiger partial charge in [0, 0.05) is 0 Å². The Labute approximate surface area is 87.2 Å². The summed E-state index contributed by atoms with van der Waals surface area (Å²) >= 11 is 0. The van der Waals surface area contributed by atoms with Gasteiger partial charge in [-0.1, -0.05) is 30.3 Å². The number of carboxylic acids is 1. The first kappa shape index (κ1) is 11.0. The van der Waals surface area contributed by atoms with E-state index in [0.717, 1.165) is 5.56 Å². The highest BCUT2D eigenvalue weighted by atomic mass is 16.4. The van der Waals surface area contributed by atoms with E-state index in [9.17, 15) is 9.59 Å². The number of aliphatic carboxylic acids is 1. The molecule has 0 aliphatic carbocycles. The molecule has 1 aromatic carbocycles. The van der Waals surface area contributed by atoms with Crippen LogP contribution in [0, 0.1) is 0 Å². The first-order valence-electron chi connectivity index (χ1n) is 4.36. The lowest BCUT2D eigenvalue weighted by Crippen LogP contribution is -2.19. The minimum Gasteiger partial charge on any atom is -0.477 e. The number of rotatable bonds is 4. The molecule has 0 heterocycles. The maximum absolute atomic E-state index is 10.8. The Kier molecular flexibility index (Phi) is 3.62. The van der Waals surface area contributed by atoms with Crippen LogP contribution in [0.5, 0.6) is 0 Å². The SMILES string of the molecule is CC(=C(NC=O)C(=O)O)c1ccccc1. The molecule has 4 heteroatoms. The zero-order chi connectivity index (χ0) is 11.3. The van der Waals surface area contributed by atoms with E-state index in [1.54, 1.807) is 31.2 Å². The van der Waals surface area contributed by atoms with E-state index in [1.165, 1.54) is 0 Å². The van der Waals surface area contributed by atoms with E-state index < -0.39 is 5.97 Å². The number of carbonyl (C=O) groups excluding carboxylic acids is 1.